The molecule has 0 fully saturated rings. The lowest BCUT2D eigenvalue weighted by Gasteiger charge is -2.40. The Bertz CT molecular complexity index is 484. The van der Waals surface area contributed by atoms with Gasteiger partial charge in [0.25, 0.3) is 0 Å². The summed E-state index contributed by atoms with van der Waals surface area (Å²) in [5, 5.41) is -0.247. The van der Waals surface area contributed by atoms with Crippen molar-refractivity contribution < 1.29 is 24.2 Å². The first-order valence-electron chi connectivity index (χ1n) is 3.97. The highest BCUT2D eigenvalue weighted by atomic mass is 79.9. The average Bonchev–Trinajstić information content (AvgIpc) is 2.12. The molecule has 0 heterocycles. The molecule has 0 radical (unpaired) electrons. The van der Waals surface area contributed by atoms with Crippen LogP contribution < -0.4 is 0 Å². The van der Waals surface area contributed by atoms with E-state index in [2.05, 4.69) is 31.9 Å². The van der Waals surface area contributed by atoms with Crippen molar-refractivity contribution in [3.05, 3.63) is 28.2 Å². The molecule has 0 atom stereocenters. The molecular formula is C8H5Br2F5OS. The van der Waals surface area contributed by atoms with Crippen LogP contribution in [0.5, 0.6) is 0 Å². The highest BCUT2D eigenvalue weighted by molar-refractivity contribution is 9.10. The number of halogens is 7. The lowest BCUT2D eigenvalue weighted by atomic mass is 10.1. The largest absolute Gasteiger partial charge is 0.310 e. The fraction of sp³-hybridized carbons (Fsp3) is 0.125. The molecule has 0 unspecified atom stereocenters. The average molecular weight is 404 g/mol. The fourth-order valence-corrected chi connectivity index (χ4v) is 2.69. The Labute approximate surface area is 110 Å². The van der Waals surface area contributed by atoms with Gasteiger partial charge in [-0.1, -0.05) is 51.3 Å². The number of ketones is 1. The summed E-state index contributed by atoms with van der Waals surface area (Å²) in [6.07, 6.45) is 0. The summed E-state index contributed by atoms with van der Waals surface area (Å²) in [4.78, 5) is 9.11. The van der Waals surface area contributed by atoms with Crippen molar-refractivity contribution in [2.45, 2.75) is 4.90 Å². The quantitative estimate of drug-likeness (QED) is 0.360. The van der Waals surface area contributed by atoms with E-state index in [9.17, 15) is 24.2 Å². The number of hydrogen-bond donors (Lipinski definition) is 0. The highest BCUT2D eigenvalue weighted by Crippen LogP contribution is 3.02. The Morgan fingerprint density at radius 3 is 2.06 bits per heavy atom. The van der Waals surface area contributed by atoms with Crippen molar-refractivity contribution in [1.82, 2.24) is 0 Å². The Kier molecular flexibility index (Phi) is 3.22. The van der Waals surface area contributed by atoms with E-state index in [1.54, 1.807) is 0 Å². The van der Waals surface area contributed by atoms with E-state index >= 15 is 0 Å². The van der Waals surface area contributed by atoms with Gasteiger partial charge < -0.3 is 0 Å². The SMILES string of the molecule is O=C(CBr)c1cc(Br)cc(S(F)(F)(F)(F)F)c1. The Balaban J connectivity index is 3.50. The van der Waals surface area contributed by atoms with Gasteiger partial charge in [0.05, 0.1) is 5.33 Å². The molecule has 1 rings (SSSR count). The second-order valence-electron chi connectivity index (χ2n) is 3.20. The first kappa shape index (κ1) is 14.9. The Morgan fingerprint density at radius 1 is 1.12 bits per heavy atom. The van der Waals surface area contributed by atoms with E-state index in [4.69, 9.17) is 0 Å². The Morgan fingerprint density at radius 2 is 1.65 bits per heavy atom. The topological polar surface area (TPSA) is 17.1 Å². The molecule has 0 N–H and O–H groups in total. The minimum atomic E-state index is -9.76. The molecule has 0 saturated heterocycles. The number of alkyl halides is 1. The zero-order valence-electron chi connectivity index (χ0n) is 7.90. The second kappa shape index (κ2) is 3.67. The number of hydrogen-bond acceptors (Lipinski definition) is 1. The van der Waals surface area contributed by atoms with E-state index in [1.165, 1.54) is 0 Å². The monoisotopic (exact) mass is 402 g/mol. The Hall–Kier alpha value is -0.150. The number of Topliss-reactive ketones (excluding diaryl/α,β-unsaturated/α-hetero) is 1. The first-order valence-corrected chi connectivity index (χ1v) is 7.84. The van der Waals surface area contributed by atoms with Crippen LogP contribution in [-0.2, 0) is 0 Å². The molecule has 0 spiro atoms. The van der Waals surface area contributed by atoms with Crippen LogP contribution in [0.25, 0.3) is 0 Å². The van der Waals surface area contributed by atoms with Crippen molar-refractivity contribution in [3.8, 4) is 0 Å². The van der Waals surface area contributed by atoms with Gasteiger partial charge in [0.15, 0.2) is 5.78 Å². The molecule has 0 saturated carbocycles. The molecule has 0 aromatic heterocycles. The van der Waals surface area contributed by atoms with Gasteiger partial charge in [0.1, 0.15) is 4.90 Å². The van der Waals surface area contributed by atoms with Crippen molar-refractivity contribution in [1.29, 1.82) is 0 Å². The minimum Gasteiger partial charge on any atom is -0.293 e. The number of carbonyl (C=O) groups excluding carboxylic acids is 1. The van der Waals surface area contributed by atoms with E-state index in [1.807, 2.05) is 0 Å². The molecule has 0 aliphatic rings. The van der Waals surface area contributed by atoms with E-state index in [-0.39, 0.29) is 21.9 Å². The van der Waals surface area contributed by atoms with Crippen LogP contribution in [0.3, 0.4) is 0 Å². The summed E-state index contributed by atoms with van der Waals surface area (Å²) in [5.41, 5.74) is -0.431. The maximum atomic E-state index is 12.5. The van der Waals surface area contributed by atoms with Gasteiger partial charge in [-0.05, 0) is 18.2 Å². The molecule has 1 nitrogen and oxygen atoms in total. The van der Waals surface area contributed by atoms with E-state index in [0.717, 1.165) is 6.07 Å². The molecule has 9 heteroatoms. The fourth-order valence-electron chi connectivity index (χ4n) is 1.02. The van der Waals surface area contributed by atoms with Crippen molar-refractivity contribution in [3.63, 3.8) is 0 Å². The molecule has 0 bridgehead atoms. The molecular weight excluding hydrogens is 399 g/mol. The van der Waals surface area contributed by atoms with Crippen molar-refractivity contribution in [2.75, 3.05) is 5.33 Å². The van der Waals surface area contributed by atoms with Crippen molar-refractivity contribution >= 4 is 47.9 Å². The smallest absolute Gasteiger partial charge is 0.293 e. The van der Waals surface area contributed by atoms with Gasteiger partial charge in [-0.25, -0.2) is 0 Å². The maximum absolute atomic E-state index is 12.5. The van der Waals surface area contributed by atoms with E-state index in [0.29, 0.717) is 0 Å². The molecule has 0 aliphatic heterocycles. The molecule has 0 amide bonds. The molecule has 98 valence electrons. The van der Waals surface area contributed by atoms with Crippen LogP contribution in [0, 0.1) is 0 Å². The molecule has 1 aromatic carbocycles. The summed E-state index contributed by atoms with van der Waals surface area (Å²) < 4.78 is 62.4. The van der Waals surface area contributed by atoms with Crippen LogP contribution in [0.1, 0.15) is 10.4 Å². The molecule has 17 heavy (non-hydrogen) atoms. The zero-order valence-corrected chi connectivity index (χ0v) is 11.9. The van der Waals surface area contributed by atoms with Crippen LogP contribution in [-0.4, -0.2) is 11.1 Å². The summed E-state index contributed by atoms with van der Waals surface area (Å²) in [7, 11) is -9.76. The molecule has 0 aliphatic carbocycles. The second-order valence-corrected chi connectivity index (χ2v) is 7.09. The van der Waals surface area contributed by atoms with Crippen LogP contribution in [0.4, 0.5) is 19.4 Å². The van der Waals surface area contributed by atoms with Gasteiger partial charge in [0.2, 0.25) is 0 Å². The van der Waals surface area contributed by atoms with Gasteiger partial charge in [-0.3, -0.25) is 4.79 Å². The highest BCUT2D eigenvalue weighted by Gasteiger charge is 2.65. The number of carbonyl (C=O) groups is 1. The zero-order chi connectivity index (χ0) is 13.5. The van der Waals surface area contributed by atoms with Crippen LogP contribution in [0.2, 0.25) is 0 Å². The van der Waals surface area contributed by atoms with Gasteiger partial charge in [0, 0.05) is 10.0 Å². The lowest BCUT2D eigenvalue weighted by molar-refractivity contribution is 0.102. The third-order valence-corrected chi connectivity index (χ3v) is 3.85. The summed E-state index contributed by atoms with van der Waals surface area (Å²) in [6, 6.07) is 1.47. The van der Waals surface area contributed by atoms with Crippen molar-refractivity contribution in [2.24, 2.45) is 0 Å². The predicted octanol–water partition coefficient (Wildman–Crippen LogP) is 5.68. The summed E-state index contributed by atoms with van der Waals surface area (Å²) >= 11 is 5.42. The number of benzene rings is 1. The van der Waals surface area contributed by atoms with Gasteiger partial charge in [-0.15, -0.1) is 0 Å². The maximum Gasteiger partial charge on any atom is 0.310 e. The summed E-state index contributed by atoms with van der Waals surface area (Å²) in [5.74, 6) is -0.714. The van der Waals surface area contributed by atoms with Crippen LogP contribution >= 0.6 is 42.1 Å². The van der Waals surface area contributed by atoms with Gasteiger partial charge in [-0.2, -0.15) is 0 Å². The minimum absolute atomic E-state index is 0.163. The van der Waals surface area contributed by atoms with E-state index < -0.39 is 26.5 Å². The predicted molar refractivity (Wildman–Crippen MR) is 63.7 cm³/mol. The van der Waals surface area contributed by atoms with Crippen LogP contribution in [0.15, 0.2) is 27.6 Å². The number of rotatable bonds is 3. The third kappa shape index (κ3) is 3.92. The lowest BCUT2D eigenvalue weighted by Crippen LogP contribution is -2.08. The third-order valence-electron chi connectivity index (χ3n) is 1.76. The summed E-state index contributed by atoms with van der Waals surface area (Å²) in [6.45, 7) is 0. The molecule has 1 aromatic rings. The normalized spacial score (nSPS) is 16.2. The van der Waals surface area contributed by atoms with Gasteiger partial charge >= 0.3 is 10.2 Å². The standard InChI is InChI=1S/C8H5Br2F5OS/c9-4-8(16)5-1-6(10)3-7(2-5)17(11,12,13,14)15/h1-3H,4H2. The first-order chi connectivity index (χ1) is 7.33.